The summed E-state index contributed by atoms with van der Waals surface area (Å²) in [5.74, 6) is -0.367. The first-order valence-electron chi connectivity index (χ1n) is 5.71. The van der Waals surface area contributed by atoms with Gasteiger partial charge in [-0.25, -0.2) is 4.79 Å². The van der Waals surface area contributed by atoms with Crippen molar-refractivity contribution < 1.29 is 14.3 Å². The average Bonchev–Trinajstić information content (AvgIpc) is 2.54. The summed E-state index contributed by atoms with van der Waals surface area (Å²) in [6.07, 6.45) is 1.05. The van der Waals surface area contributed by atoms with Crippen LogP contribution in [-0.4, -0.2) is 29.4 Å². The monoisotopic (exact) mass is 225 g/mol. The smallest absolute Gasteiger partial charge is 0.336 e. The summed E-state index contributed by atoms with van der Waals surface area (Å²) in [4.78, 5) is 25.1. The molecule has 0 aromatic heterocycles. The van der Waals surface area contributed by atoms with Gasteiger partial charge >= 0.3 is 5.97 Å². The first kappa shape index (κ1) is 12.7. The topological polar surface area (TPSA) is 46.6 Å². The van der Waals surface area contributed by atoms with Crippen molar-refractivity contribution >= 4 is 11.9 Å². The van der Waals surface area contributed by atoms with E-state index in [9.17, 15) is 9.59 Å². The zero-order valence-electron chi connectivity index (χ0n) is 10.4. The van der Waals surface area contributed by atoms with Gasteiger partial charge in [0.2, 0.25) is 5.91 Å². The van der Waals surface area contributed by atoms with Crippen LogP contribution in [0.3, 0.4) is 0 Å². The summed E-state index contributed by atoms with van der Waals surface area (Å²) in [6.45, 7) is 7.91. The van der Waals surface area contributed by atoms with Gasteiger partial charge in [0, 0.05) is 11.7 Å². The predicted octanol–water partition coefficient (Wildman–Crippen LogP) is 1.85. The molecule has 0 spiro atoms. The highest BCUT2D eigenvalue weighted by Gasteiger charge is 2.33. The molecule has 0 aromatic carbocycles. The van der Waals surface area contributed by atoms with Crippen LogP contribution in [0.25, 0.3) is 0 Å². The minimum absolute atomic E-state index is 0.00472. The fourth-order valence-corrected chi connectivity index (χ4v) is 1.89. The van der Waals surface area contributed by atoms with Crippen LogP contribution < -0.4 is 0 Å². The molecule has 1 aliphatic heterocycles. The molecule has 4 nitrogen and oxygen atoms in total. The Morgan fingerprint density at radius 2 is 2.12 bits per heavy atom. The van der Waals surface area contributed by atoms with Crippen LogP contribution in [0, 0.1) is 0 Å². The van der Waals surface area contributed by atoms with Crippen molar-refractivity contribution in [3.8, 4) is 0 Å². The third-order valence-corrected chi connectivity index (χ3v) is 2.95. The van der Waals surface area contributed by atoms with Crippen molar-refractivity contribution in [1.82, 2.24) is 4.90 Å². The molecular formula is C12H19NO3. The van der Waals surface area contributed by atoms with E-state index in [1.807, 2.05) is 20.8 Å². The largest absolute Gasteiger partial charge is 0.463 e. The fourth-order valence-electron chi connectivity index (χ4n) is 1.89. The summed E-state index contributed by atoms with van der Waals surface area (Å²) < 4.78 is 4.93. The number of rotatable bonds is 4. The number of nitrogens with zero attached hydrogens (tertiary/aromatic N) is 1. The molecule has 0 aliphatic carbocycles. The van der Waals surface area contributed by atoms with E-state index in [1.165, 1.54) is 0 Å². The van der Waals surface area contributed by atoms with E-state index in [0.717, 1.165) is 12.1 Å². The molecule has 1 amide bonds. The Labute approximate surface area is 96.3 Å². The number of carbonyl (C=O) groups excluding carboxylic acids is 2. The molecule has 1 atom stereocenters. The molecule has 0 bridgehead atoms. The lowest BCUT2D eigenvalue weighted by molar-refractivity contribution is -0.139. The van der Waals surface area contributed by atoms with Crippen LogP contribution in [0.4, 0.5) is 0 Å². The molecular weight excluding hydrogens is 206 g/mol. The van der Waals surface area contributed by atoms with E-state index in [2.05, 4.69) is 0 Å². The van der Waals surface area contributed by atoms with E-state index in [1.54, 1.807) is 11.8 Å². The first-order valence-corrected chi connectivity index (χ1v) is 5.71. The Kier molecular flexibility index (Phi) is 4.10. The maximum atomic E-state index is 11.8. The van der Waals surface area contributed by atoms with Crippen molar-refractivity contribution in [2.24, 2.45) is 0 Å². The molecule has 0 N–H and O–H groups in total. The van der Waals surface area contributed by atoms with Gasteiger partial charge in [-0.1, -0.05) is 6.92 Å². The predicted molar refractivity (Wildman–Crippen MR) is 60.5 cm³/mol. The molecule has 0 saturated heterocycles. The van der Waals surface area contributed by atoms with Gasteiger partial charge in [0.1, 0.15) is 0 Å². The Morgan fingerprint density at radius 3 is 2.62 bits per heavy atom. The summed E-state index contributed by atoms with van der Waals surface area (Å²) in [6, 6.07) is 0.138. The van der Waals surface area contributed by atoms with Crippen LogP contribution >= 0.6 is 0 Å². The van der Waals surface area contributed by atoms with Crippen LogP contribution in [0.2, 0.25) is 0 Å². The van der Waals surface area contributed by atoms with E-state index in [0.29, 0.717) is 12.2 Å². The third kappa shape index (κ3) is 2.26. The summed E-state index contributed by atoms with van der Waals surface area (Å²) in [5, 5.41) is 0. The average molecular weight is 225 g/mol. The number of carbonyl (C=O) groups is 2. The molecule has 0 saturated carbocycles. The molecule has 1 rings (SSSR count). The third-order valence-electron chi connectivity index (χ3n) is 2.95. The van der Waals surface area contributed by atoms with Crippen molar-refractivity contribution in [1.29, 1.82) is 0 Å². The van der Waals surface area contributed by atoms with Gasteiger partial charge in [-0.2, -0.15) is 0 Å². The number of hydrogen-bond acceptors (Lipinski definition) is 3. The Hall–Kier alpha value is -1.32. The minimum atomic E-state index is -0.362. The molecule has 90 valence electrons. The maximum Gasteiger partial charge on any atom is 0.336 e. The van der Waals surface area contributed by atoms with Gasteiger partial charge in [-0.05, 0) is 27.2 Å². The summed E-state index contributed by atoms with van der Waals surface area (Å²) in [7, 11) is 0. The van der Waals surface area contributed by atoms with Crippen LogP contribution in [0.15, 0.2) is 11.3 Å². The lowest BCUT2D eigenvalue weighted by Gasteiger charge is -2.24. The lowest BCUT2D eigenvalue weighted by atomic mass is 10.2. The Bertz CT molecular complexity index is 333. The normalized spacial score (nSPS) is 18.0. The lowest BCUT2D eigenvalue weighted by Crippen LogP contribution is -2.32. The Balaban J connectivity index is 2.91. The standard InChI is InChI=1S/C12H19NO3/c1-5-8(3)13-9(4)10(7-11(13)14)12(15)16-6-2/h8H,5-7H2,1-4H3/t8-/m1/s1. The highest BCUT2D eigenvalue weighted by Crippen LogP contribution is 2.27. The van der Waals surface area contributed by atoms with E-state index in [4.69, 9.17) is 4.74 Å². The quantitative estimate of drug-likeness (QED) is 0.686. The Morgan fingerprint density at radius 1 is 1.50 bits per heavy atom. The van der Waals surface area contributed by atoms with Gasteiger partial charge in [-0.3, -0.25) is 4.79 Å². The van der Waals surface area contributed by atoms with Gasteiger partial charge in [0.25, 0.3) is 0 Å². The number of hydrogen-bond donors (Lipinski definition) is 0. The minimum Gasteiger partial charge on any atom is -0.463 e. The van der Waals surface area contributed by atoms with Gasteiger partial charge in [0.15, 0.2) is 0 Å². The SMILES string of the molecule is CCOC(=O)C1=C(C)N([C@H](C)CC)C(=O)C1. The van der Waals surface area contributed by atoms with Gasteiger partial charge in [0.05, 0.1) is 18.6 Å². The molecule has 0 unspecified atom stereocenters. The van der Waals surface area contributed by atoms with E-state index < -0.39 is 0 Å². The van der Waals surface area contributed by atoms with Gasteiger partial charge in [-0.15, -0.1) is 0 Å². The highest BCUT2D eigenvalue weighted by atomic mass is 16.5. The zero-order valence-corrected chi connectivity index (χ0v) is 10.4. The van der Waals surface area contributed by atoms with E-state index >= 15 is 0 Å². The van der Waals surface area contributed by atoms with Crippen molar-refractivity contribution in [3.05, 3.63) is 11.3 Å². The molecule has 1 aliphatic rings. The molecule has 0 fully saturated rings. The van der Waals surface area contributed by atoms with Crippen LogP contribution in [0.1, 0.15) is 40.5 Å². The maximum absolute atomic E-state index is 11.8. The highest BCUT2D eigenvalue weighted by molar-refractivity contribution is 6.00. The van der Waals surface area contributed by atoms with Gasteiger partial charge < -0.3 is 9.64 Å². The van der Waals surface area contributed by atoms with Crippen molar-refractivity contribution in [2.45, 2.75) is 46.6 Å². The number of ether oxygens (including phenoxy) is 1. The van der Waals surface area contributed by atoms with Crippen LogP contribution in [-0.2, 0) is 14.3 Å². The van der Waals surface area contributed by atoms with Crippen molar-refractivity contribution in [3.63, 3.8) is 0 Å². The molecule has 0 radical (unpaired) electrons. The second kappa shape index (κ2) is 5.14. The molecule has 1 heterocycles. The molecule has 16 heavy (non-hydrogen) atoms. The van der Waals surface area contributed by atoms with E-state index in [-0.39, 0.29) is 24.3 Å². The number of allylic oxidation sites excluding steroid dienone is 1. The molecule has 0 aromatic rings. The van der Waals surface area contributed by atoms with Crippen molar-refractivity contribution in [2.75, 3.05) is 6.61 Å². The summed E-state index contributed by atoms with van der Waals surface area (Å²) >= 11 is 0. The zero-order chi connectivity index (χ0) is 12.3. The number of amides is 1. The number of esters is 1. The molecule has 4 heteroatoms. The fraction of sp³-hybridized carbons (Fsp3) is 0.667. The second-order valence-corrected chi connectivity index (χ2v) is 3.98. The second-order valence-electron chi connectivity index (χ2n) is 3.98. The first-order chi connectivity index (χ1) is 7.52. The summed E-state index contributed by atoms with van der Waals surface area (Å²) in [5.41, 5.74) is 1.25. The van der Waals surface area contributed by atoms with Crippen LogP contribution in [0.5, 0.6) is 0 Å².